The number of nitrogens with zero attached hydrogens (tertiary/aromatic N) is 2. The van der Waals surface area contributed by atoms with Crippen LogP contribution in [0.1, 0.15) is 25.0 Å². The first kappa shape index (κ1) is 15.0. The Bertz CT molecular complexity index is 657. The van der Waals surface area contributed by atoms with Crippen LogP contribution in [0.5, 0.6) is 5.75 Å². The molecule has 1 aliphatic heterocycles. The lowest BCUT2D eigenvalue weighted by Crippen LogP contribution is -2.33. The average Bonchev–Trinajstić information content (AvgIpc) is 2.80. The second-order valence-corrected chi connectivity index (χ2v) is 5.17. The predicted octanol–water partition coefficient (Wildman–Crippen LogP) is 2.45. The smallest absolute Gasteiger partial charge is 0.228 e. The van der Waals surface area contributed by atoms with Crippen molar-refractivity contribution in [2.75, 3.05) is 7.11 Å². The van der Waals surface area contributed by atoms with Crippen molar-refractivity contribution in [3.63, 3.8) is 0 Å². The van der Waals surface area contributed by atoms with E-state index in [1.165, 1.54) is 0 Å². The summed E-state index contributed by atoms with van der Waals surface area (Å²) in [6.45, 7) is 9.42. The molecule has 5 nitrogen and oxygen atoms in total. The van der Waals surface area contributed by atoms with Gasteiger partial charge in [0.15, 0.2) is 11.7 Å². The van der Waals surface area contributed by atoms with Crippen LogP contribution in [-0.4, -0.2) is 24.7 Å². The molecule has 1 aliphatic rings. The van der Waals surface area contributed by atoms with Gasteiger partial charge in [-0.15, -0.1) is 0 Å². The van der Waals surface area contributed by atoms with Crippen LogP contribution in [0.2, 0.25) is 0 Å². The SMILES string of the molecule is C=C1N=C(c2ccc(OC)c(C)c2)N=C1NC(=O)C(C)C. The van der Waals surface area contributed by atoms with Gasteiger partial charge in [-0.2, -0.15) is 0 Å². The molecule has 5 heteroatoms. The first-order valence-electron chi connectivity index (χ1n) is 6.75. The number of benzene rings is 1. The summed E-state index contributed by atoms with van der Waals surface area (Å²) >= 11 is 0. The zero-order chi connectivity index (χ0) is 15.6. The molecule has 2 rings (SSSR count). The number of ether oxygens (including phenoxy) is 1. The van der Waals surface area contributed by atoms with Gasteiger partial charge in [0, 0.05) is 11.5 Å². The van der Waals surface area contributed by atoms with E-state index in [2.05, 4.69) is 21.9 Å². The number of aryl methyl sites for hydroxylation is 1. The topological polar surface area (TPSA) is 63.1 Å². The maximum absolute atomic E-state index is 11.7. The van der Waals surface area contributed by atoms with Gasteiger partial charge in [-0.3, -0.25) is 4.79 Å². The number of carbonyl (C=O) groups excluding carboxylic acids is 1. The highest BCUT2D eigenvalue weighted by atomic mass is 16.5. The van der Waals surface area contributed by atoms with Gasteiger partial charge in [0.2, 0.25) is 5.91 Å². The summed E-state index contributed by atoms with van der Waals surface area (Å²) in [5, 5.41) is 2.74. The standard InChI is InChI=1S/C16H19N3O2/c1-9(2)16(20)19-14-11(4)17-15(18-14)12-6-7-13(21-5)10(3)8-12/h6-9H,4H2,1-3,5H3,(H,17,18,19,20). The van der Waals surface area contributed by atoms with E-state index in [9.17, 15) is 4.79 Å². The molecule has 0 radical (unpaired) electrons. The van der Waals surface area contributed by atoms with Crippen LogP contribution in [0.15, 0.2) is 40.5 Å². The van der Waals surface area contributed by atoms with Crippen molar-refractivity contribution in [1.82, 2.24) is 5.32 Å². The summed E-state index contributed by atoms with van der Waals surface area (Å²) in [5.41, 5.74) is 2.33. The molecule has 0 atom stereocenters. The third kappa shape index (κ3) is 3.18. The molecule has 0 aromatic heterocycles. The van der Waals surface area contributed by atoms with Crippen molar-refractivity contribution < 1.29 is 9.53 Å². The van der Waals surface area contributed by atoms with Crippen molar-refractivity contribution in [1.29, 1.82) is 0 Å². The van der Waals surface area contributed by atoms with E-state index in [0.29, 0.717) is 17.4 Å². The van der Waals surface area contributed by atoms with Gasteiger partial charge in [-0.1, -0.05) is 20.4 Å². The number of aliphatic imine (C=N–C) groups is 2. The van der Waals surface area contributed by atoms with E-state index in [1.807, 2.05) is 39.0 Å². The zero-order valence-electron chi connectivity index (χ0n) is 12.7. The van der Waals surface area contributed by atoms with E-state index >= 15 is 0 Å². The number of methoxy groups -OCH3 is 1. The summed E-state index contributed by atoms with van der Waals surface area (Å²) in [5.74, 6) is 1.56. The van der Waals surface area contributed by atoms with E-state index in [4.69, 9.17) is 4.74 Å². The maximum atomic E-state index is 11.7. The largest absolute Gasteiger partial charge is 0.496 e. The highest BCUT2D eigenvalue weighted by Crippen LogP contribution is 2.21. The van der Waals surface area contributed by atoms with Crippen molar-refractivity contribution in [3.05, 3.63) is 41.6 Å². The Labute approximate surface area is 124 Å². The fraction of sp³-hybridized carbons (Fsp3) is 0.312. The highest BCUT2D eigenvalue weighted by Gasteiger charge is 2.19. The fourth-order valence-corrected chi connectivity index (χ4v) is 1.88. The van der Waals surface area contributed by atoms with Gasteiger partial charge < -0.3 is 10.1 Å². The van der Waals surface area contributed by atoms with Crippen LogP contribution in [0.25, 0.3) is 0 Å². The average molecular weight is 285 g/mol. The first-order chi connectivity index (χ1) is 9.92. The minimum Gasteiger partial charge on any atom is -0.496 e. The number of hydrogen-bond donors (Lipinski definition) is 1. The second-order valence-electron chi connectivity index (χ2n) is 5.17. The third-order valence-corrected chi connectivity index (χ3v) is 3.15. The number of nitrogens with one attached hydrogen (secondary N) is 1. The van der Waals surface area contributed by atoms with Crippen LogP contribution in [0.4, 0.5) is 0 Å². The molecule has 21 heavy (non-hydrogen) atoms. The molecule has 1 N–H and O–H groups in total. The number of amides is 1. The van der Waals surface area contributed by atoms with Crippen LogP contribution in [0, 0.1) is 12.8 Å². The van der Waals surface area contributed by atoms with Gasteiger partial charge in [0.25, 0.3) is 0 Å². The van der Waals surface area contributed by atoms with Crippen LogP contribution >= 0.6 is 0 Å². The lowest BCUT2D eigenvalue weighted by Gasteiger charge is -2.06. The Hall–Kier alpha value is -2.43. The highest BCUT2D eigenvalue weighted by molar-refractivity contribution is 6.20. The number of hydrogen-bond acceptors (Lipinski definition) is 4. The van der Waals surface area contributed by atoms with Gasteiger partial charge in [-0.05, 0) is 30.7 Å². The summed E-state index contributed by atoms with van der Waals surface area (Å²) in [6, 6.07) is 5.70. The molecule has 0 spiro atoms. The lowest BCUT2D eigenvalue weighted by molar-refractivity contribution is -0.122. The van der Waals surface area contributed by atoms with Gasteiger partial charge in [-0.25, -0.2) is 9.98 Å². The fourth-order valence-electron chi connectivity index (χ4n) is 1.88. The second kappa shape index (κ2) is 5.91. The summed E-state index contributed by atoms with van der Waals surface area (Å²) < 4.78 is 5.23. The van der Waals surface area contributed by atoms with Crippen molar-refractivity contribution in [2.24, 2.45) is 15.9 Å². The number of carbonyl (C=O) groups is 1. The molecule has 0 saturated carbocycles. The summed E-state index contributed by atoms with van der Waals surface area (Å²) in [6.07, 6.45) is 0. The Morgan fingerprint density at radius 3 is 2.62 bits per heavy atom. The Balaban J connectivity index is 2.24. The first-order valence-corrected chi connectivity index (χ1v) is 6.75. The van der Waals surface area contributed by atoms with Crippen molar-refractivity contribution >= 4 is 17.6 Å². The normalized spacial score (nSPS) is 14.0. The molecule has 1 amide bonds. The van der Waals surface area contributed by atoms with Crippen LogP contribution in [0.3, 0.4) is 0 Å². The summed E-state index contributed by atoms with van der Waals surface area (Å²) in [7, 11) is 1.63. The molecule has 0 aliphatic carbocycles. The van der Waals surface area contributed by atoms with Gasteiger partial charge in [0.1, 0.15) is 11.4 Å². The van der Waals surface area contributed by atoms with Crippen molar-refractivity contribution in [2.45, 2.75) is 20.8 Å². The molecular formula is C16H19N3O2. The molecule has 0 saturated heterocycles. The van der Waals surface area contributed by atoms with Crippen LogP contribution in [-0.2, 0) is 4.79 Å². The minimum absolute atomic E-state index is 0.0998. The van der Waals surface area contributed by atoms with Gasteiger partial charge >= 0.3 is 0 Å². The molecule has 110 valence electrons. The Morgan fingerprint density at radius 1 is 1.33 bits per heavy atom. The molecule has 1 aromatic carbocycles. The zero-order valence-corrected chi connectivity index (χ0v) is 12.7. The van der Waals surface area contributed by atoms with Gasteiger partial charge in [0.05, 0.1) is 7.11 Å². The van der Waals surface area contributed by atoms with E-state index in [-0.39, 0.29) is 11.8 Å². The molecule has 0 fully saturated rings. The molecule has 0 bridgehead atoms. The monoisotopic (exact) mass is 285 g/mol. The molecule has 1 heterocycles. The maximum Gasteiger partial charge on any atom is 0.228 e. The quantitative estimate of drug-likeness (QED) is 0.927. The van der Waals surface area contributed by atoms with E-state index in [0.717, 1.165) is 16.9 Å². The molecular weight excluding hydrogens is 266 g/mol. The Kier molecular flexibility index (Phi) is 4.21. The summed E-state index contributed by atoms with van der Waals surface area (Å²) in [4.78, 5) is 20.4. The minimum atomic E-state index is -0.118. The van der Waals surface area contributed by atoms with E-state index in [1.54, 1.807) is 7.11 Å². The Morgan fingerprint density at radius 2 is 2.05 bits per heavy atom. The predicted molar refractivity (Wildman–Crippen MR) is 83.8 cm³/mol. The lowest BCUT2D eigenvalue weighted by atomic mass is 10.1. The molecule has 1 aromatic rings. The van der Waals surface area contributed by atoms with E-state index < -0.39 is 0 Å². The number of amidine groups is 2. The third-order valence-electron chi connectivity index (χ3n) is 3.15. The van der Waals surface area contributed by atoms with Crippen molar-refractivity contribution in [3.8, 4) is 5.75 Å². The van der Waals surface area contributed by atoms with Crippen LogP contribution < -0.4 is 10.1 Å². The number of rotatable bonds is 3. The molecule has 0 unspecified atom stereocenters.